The van der Waals surface area contributed by atoms with Gasteiger partial charge in [-0.3, -0.25) is 0 Å². The van der Waals surface area contributed by atoms with Gasteiger partial charge in [0.15, 0.2) is 0 Å². The minimum absolute atomic E-state index is 1.08. The minimum atomic E-state index is 1.08. The Morgan fingerprint density at radius 2 is 1.53 bits per heavy atom. The molecule has 0 unspecified atom stereocenters. The van der Waals surface area contributed by atoms with E-state index < -0.39 is 0 Å². The molecule has 0 aliphatic carbocycles. The summed E-state index contributed by atoms with van der Waals surface area (Å²) in [5.41, 5.74) is 5.14. The number of allylic oxidation sites excluding steroid dienone is 3. The van der Waals surface area contributed by atoms with E-state index in [4.69, 9.17) is 0 Å². The molecule has 0 bridgehead atoms. The van der Waals surface area contributed by atoms with Crippen molar-refractivity contribution in [2.24, 2.45) is 0 Å². The maximum Gasteiger partial charge on any atom is -0.0184 e. The zero-order valence-corrected chi connectivity index (χ0v) is 11.6. The van der Waals surface area contributed by atoms with Crippen molar-refractivity contribution >= 4 is 6.08 Å². The second-order valence-electron chi connectivity index (χ2n) is 4.54. The van der Waals surface area contributed by atoms with E-state index in [1.165, 1.54) is 22.3 Å². The van der Waals surface area contributed by atoms with Crippen molar-refractivity contribution in [3.05, 3.63) is 77.9 Å². The summed E-state index contributed by atoms with van der Waals surface area (Å²) in [5, 5.41) is 0. The topological polar surface area (TPSA) is 0 Å². The Labute approximate surface area is 116 Å². The molecule has 0 aliphatic rings. The van der Waals surface area contributed by atoms with Gasteiger partial charge in [0, 0.05) is 0 Å². The van der Waals surface area contributed by atoms with Crippen LogP contribution >= 0.6 is 0 Å². The van der Waals surface area contributed by atoms with Gasteiger partial charge in [-0.2, -0.15) is 0 Å². The number of benzene rings is 2. The lowest BCUT2D eigenvalue weighted by Crippen LogP contribution is -1.78. The van der Waals surface area contributed by atoms with Crippen molar-refractivity contribution in [3.8, 4) is 11.1 Å². The Hall–Kier alpha value is -2.08. The maximum absolute atomic E-state index is 2.19. The fourth-order valence-electron chi connectivity index (χ4n) is 2.04. The molecule has 0 heterocycles. The van der Waals surface area contributed by atoms with Gasteiger partial charge in [-0.25, -0.2) is 0 Å². The van der Waals surface area contributed by atoms with Gasteiger partial charge in [0.25, 0.3) is 0 Å². The summed E-state index contributed by atoms with van der Waals surface area (Å²) in [5.74, 6) is 0. The molecule has 0 atom stereocenters. The van der Waals surface area contributed by atoms with Crippen molar-refractivity contribution in [2.45, 2.75) is 20.3 Å². The van der Waals surface area contributed by atoms with Crippen LogP contribution in [0, 0.1) is 0 Å². The summed E-state index contributed by atoms with van der Waals surface area (Å²) >= 11 is 0. The van der Waals surface area contributed by atoms with Gasteiger partial charge in [0.2, 0.25) is 0 Å². The molecule has 2 aromatic carbocycles. The van der Waals surface area contributed by atoms with Gasteiger partial charge in [0.05, 0.1) is 0 Å². The third-order valence-electron chi connectivity index (χ3n) is 3.29. The van der Waals surface area contributed by atoms with Gasteiger partial charge in [-0.05, 0) is 30.0 Å². The molecule has 2 rings (SSSR count). The van der Waals surface area contributed by atoms with Crippen molar-refractivity contribution in [1.82, 2.24) is 0 Å². The van der Waals surface area contributed by atoms with Gasteiger partial charge in [0.1, 0.15) is 0 Å². The van der Waals surface area contributed by atoms with Crippen LogP contribution < -0.4 is 0 Å². The molecule has 0 saturated carbocycles. The second-order valence-corrected chi connectivity index (χ2v) is 4.54. The molecular formula is C19H20. The van der Waals surface area contributed by atoms with E-state index in [0.717, 1.165) is 6.42 Å². The van der Waals surface area contributed by atoms with Crippen LogP contribution in [0.1, 0.15) is 25.8 Å². The SMILES string of the molecule is CC=C(C=Cc1ccc(-c2ccccc2)cc1)CC. The first-order valence-electron chi connectivity index (χ1n) is 6.82. The fourth-order valence-corrected chi connectivity index (χ4v) is 2.04. The lowest BCUT2D eigenvalue weighted by molar-refractivity contribution is 1.14. The third kappa shape index (κ3) is 3.69. The van der Waals surface area contributed by atoms with Crippen LogP contribution in [0.3, 0.4) is 0 Å². The smallest absolute Gasteiger partial charge is 0.0184 e. The number of hydrogen-bond acceptors (Lipinski definition) is 0. The molecule has 0 N–H and O–H groups in total. The average molecular weight is 248 g/mol. The predicted molar refractivity (Wildman–Crippen MR) is 85.0 cm³/mol. The van der Waals surface area contributed by atoms with E-state index in [0.29, 0.717) is 0 Å². The van der Waals surface area contributed by atoms with Crippen LogP contribution in [0.5, 0.6) is 0 Å². The Balaban J connectivity index is 2.15. The van der Waals surface area contributed by atoms with E-state index in [2.05, 4.69) is 80.6 Å². The summed E-state index contributed by atoms with van der Waals surface area (Å²) in [6.45, 7) is 4.26. The zero-order chi connectivity index (χ0) is 13.5. The molecule has 0 fully saturated rings. The van der Waals surface area contributed by atoms with Crippen LogP contribution in [0.4, 0.5) is 0 Å². The van der Waals surface area contributed by atoms with Crippen molar-refractivity contribution in [2.75, 3.05) is 0 Å². The Bertz CT molecular complexity index is 557. The van der Waals surface area contributed by atoms with E-state index in [9.17, 15) is 0 Å². The third-order valence-corrected chi connectivity index (χ3v) is 3.29. The zero-order valence-electron chi connectivity index (χ0n) is 11.6. The number of rotatable bonds is 4. The monoisotopic (exact) mass is 248 g/mol. The molecule has 19 heavy (non-hydrogen) atoms. The van der Waals surface area contributed by atoms with Crippen LogP contribution in [0.2, 0.25) is 0 Å². The van der Waals surface area contributed by atoms with Crippen LogP contribution in [-0.2, 0) is 0 Å². The second kappa shape index (κ2) is 6.75. The lowest BCUT2D eigenvalue weighted by atomic mass is 10.0. The molecular weight excluding hydrogens is 228 g/mol. The van der Waals surface area contributed by atoms with E-state index in [-0.39, 0.29) is 0 Å². The Kier molecular flexibility index (Phi) is 4.74. The first-order chi connectivity index (χ1) is 9.33. The highest BCUT2D eigenvalue weighted by Gasteiger charge is 1.95. The molecule has 0 amide bonds. The summed E-state index contributed by atoms with van der Waals surface area (Å²) in [4.78, 5) is 0. The van der Waals surface area contributed by atoms with Crippen molar-refractivity contribution in [1.29, 1.82) is 0 Å². The minimum Gasteiger partial charge on any atom is -0.0845 e. The molecule has 2 aromatic rings. The maximum atomic E-state index is 2.19. The summed E-state index contributed by atoms with van der Waals surface area (Å²) in [7, 11) is 0. The molecule has 0 radical (unpaired) electrons. The standard InChI is InChI=1S/C19H20/c1-3-16(4-2)10-11-17-12-14-19(15-13-17)18-8-6-5-7-9-18/h3,5-15H,4H2,1-2H3. The van der Waals surface area contributed by atoms with E-state index >= 15 is 0 Å². The molecule has 0 saturated heterocycles. The van der Waals surface area contributed by atoms with Gasteiger partial charge >= 0.3 is 0 Å². The van der Waals surface area contributed by atoms with Crippen LogP contribution in [-0.4, -0.2) is 0 Å². The van der Waals surface area contributed by atoms with Gasteiger partial charge in [-0.15, -0.1) is 0 Å². The van der Waals surface area contributed by atoms with Gasteiger partial charge in [-0.1, -0.05) is 85.3 Å². The normalized spacial score (nSPS) is 12.0. The highest BCUT2D eigenvalue weighted by atomic mass is 14.0. The predicted octanol–water partition coefficient (Wildman–Crippen LogP) is 5.72. The Morgan fingerprint density at radius 1 is 0.895 bits per heavy atom. The van der Waals surface area contributed by atoms with Gasteiger partial charge < -0.3 is 0 Å². The quantitative estimate of drug-likeness (QED) is 0.607. The molecule has 96 valence electrons. The number of hydrogen-bond donors (Lipinski definition) is 0. The van der Waals surface area contributed by atoms with Crippen LogP contribution in [0.15, 0.2) is 72.3 Å². The van der Waals surface area contributed by atoms with Crippen molar-refractivity contribution in [3.63, 3.8) is 0 Å². The first-order valence-corrected chi connectivity index (χ1v) is 6.82. The molecule has 0 aromatic heterocycles. The fraction of sp³-hybridized carbons (Fsp3) is 0.158. The highest BCUT2D eigenvalue weighted by Crippen LogP contribution is 2.20. The molecule has 0 aliphatic heterocycles. The van der Waals surface area contributed by atoms with Crippen LogP contribution in [0.25, 0.3) is 17.2 Å². The van der Waals surface area contributed by atoms with E-state index in [1.807, 2.05) is 6.07 Å². The van der Waals surface area contributed by atoms with Crippen molar-refractivity contribution < 1.29 is 0 Å². The average Bonchev–Trinajstić information content (AvgIpc) is 2.50. The summed E-state index contributed by atoms with van der Waals surface area (Å²) < 4.78 is 0. The lowest BCUT2D eigenvalue weighted by Gasteiger charge is -2.02. The molecule has 0 nitrogen and oxygen atoms in total. The molecule has 0 heteroatoms. The Morgan fingerprint density at radius 3 is 2.11 bits per heavy atom. The molecule has 0 spiro atoms. The van der Waals surface area contributed by atoms with E-state index in [1.54, 1.807) is 0 Å². The summed E-state index contributed by atoms with van der Waals surface area (Å²) in [6.07, 6.45) is 7.61. The largest absolute Gasteiger partial charge is 0.0845 e. The summed E-state index contributed by atoms with van der Waals surface area (Å²) in [6, 6.07) is 19.2. The first kappa shape index (κ1) is 13.4. The highest BCUT2D eigenvalue weighted by molar-refractivity contribution is 5.65.